The average molecular weight is 251 g/mol. The van der Waals surface area contributed by atoms with Crippen molar-refractivity contribution in [1.82, 2.24) is 5.32 Å². The lowest BCUT2D eigenvalue weighted by molar-refractivity contribution is 0.0600. The number of carbonyl (C=O) groups is 1. The maximum absolute atomic E-state index is 13.4. The summed E-state index contributed by atoms with van der Waals surface area (Å²) in [7, 11) is 1.37. The molecule has 4 heteroatoms. The van der Waals surface area contributed by atoms with Crippen molar-refractivity contribution in [2.24, 2.45) is 0 Å². The Morgan fingerprint density at radius 2 is 2.22 bits per heavy atom. The highest BCUT2D eigenvalue weighted by molar-refractivity contribution is 5.89. The van der Waals surface area contributed by atoms with Gasteiger partial charge < -0.3 is 10.1 Å². The number of alkyl halides is 1. The smallest absolute Gasteiger partial charge is 0.337 e. The van der Waals surface area contributed by atoms with E-state index in [4.69, 9.17) is 0 Å². The average Bonchev–Trinajstić information content (AvgIpc) is 2.37. The predicted octanol–water partition coefficient (Wildman–Crippen LogP) is 2.20. The van der Waals surface area contributed by atoms with E-state index in [2.05, 4.69) is 10.1 Å². The van der Waals surface area contributed by atoms with Crippen molar-refractivity contribution in [2.45, 2.75) is 25.4 Å². The van der Waals surface area contributed by atoms with Crippen LogP contribution in [0.15, 0.2) is 18.2 Å². The van der Waals surface area contributed by atoms with E-state index in [1.54, 1.807) is 6.07 Å². The molecule has 0 spiro atoms. The molecule has 18 heavy (non-hydrogen) atoms. The van der Waals surface area contributed by atoms with Crippen LogP contribution in [0.1, 0.15) is 33.8 Å². The molecule has 1 N–H and O–H groups in total. The molecule has 2 unspecified atom stereocenters. The SMILES string of the molecule is COC(=O)c1ccc(C2CNCC(F)C2)c(C)c1. The molecule has 1 aromatic rings. The van der Waals surface area contributed by atoms with Crippen LogP contribution in [0.3, 0.4) is 0 Å². The zero-order valence-corrected chi connectivity index (χ0v) is 10.7. The summed E-state index contributed by atoms with van der Waals surface area (Å²) in [5, 5.41) is 3.09. The maximum atomic E-state index is 13.4. The normalized spacial score (nSPS) is 23.7. The monoisotopic (exact) mass is 251 g/mol. The Morgan fingerprint density at radius 1 is 1.44 bits per heavy atom. The molecule has 0 saturated carbocycles. The second-order valence-electron chi connectivity index (χ2n) is 4.75. The Hall–Kier alpha value is -1.42. The van der Waals surface area contributed by atoms with Crippen LogP contribution in [0.2, 0.25) is 0 Å². The number of nitrogens with one attached hydrogen (secondary N) is 1. The number of esters is 1. The van der Waals surface area contributed by atoms with Crippen molar-refractivity contribution in [2.75, 3.05) is 20.2 Å². The summed E-state index contributed by atoms with van der Waals surface area (Å²) < 4.78 is 18.1. The van der Waals surface area contributed by atoms with Gasteiger partial charge in [0.05, 0.1) is 12.7 Å². The van der Waals surface area contributed by atoms with Gasteiger partial charge in [-0.1, -0.05) is 6.07 Å². The summed E-state index contributed by atoms with van der Waals surface area (Å²) >= 11 is 0. The highest BCUT2D eigenvalue weighted by Crippen LogP contribution is 2.28. The van der Waals surface area contributed by atoms with Crippen molar-refractivity contribution < 1.29 is 13.9 Å². The highest BCUT2D eigenvalue weighted by Gasteiger charge is 2.23. The first-order chi connectivity index (χ1) is 8.61. The second-order valence-corrected chi connectivity index (χ2v) is 4.75. The van der Waals surface area contributed by atoms with Crippen LogP contribution in [-0.2, 0) is 4.74 Å². The number of rotatable bonds is 2. The van der Waals surface area contributed by atoms with Gasteiger partial charge in [0.1, 0.15) is 6.17 Å². The van der Waals surface area contributed by atoms with Crippen LogP contribution < -0.4 is 5.32 Å². The molecule has 2 atom stereocenters. The Morgan fingerprint density at radius 3 is 2.83 bits per heavy atom. The van der Waals surface area contributed by atoms with E-state index in [0.717, 1.165) is 17.7 Å². The number of hydrogen-bond donors (Lipinski definition) is 1. The minimum absolute atomic E-state index is 0.181. The molecule has 1 aliphatic heterocycles. The van der Waals surface area contributed by atoms with Gasteiger partial charge >= 0.3 is 5.97 Å². The fourth-order valence-corrected chi connectivity index (χ4v) is 2.51. The zero-order valence-electron chi connectivity index (χ0n) is 10.7. The molecule has 98 valence electrons. The molecule has 1 aliphatic rings. The van der Waals surface area contributed by atoms with Gasteiger partial charge in [-0.15, -0.1) is 0 Å². The molecule has 3 nitrogen and oxygen atoms in total. The molecule has 0 bridgehead atoms. The molecular formula is C14H18FNO2. The van der Waals surface area contributed by atoms with Crippen molar-refractivity contribution >= 4 is 5.97 Å². The third-order valence-electron chi connectivity index (χ3n) is 3.43. The van der Waals surface area contributed by atoms with E-state index in [-0.39, 0.29) is 11.9 Å². The molecular weight excluding hydrogens is 233 g/mol. The first kappa shape index (κ1) is 13.0. The zero-order chi connectivity index (χ0) is 13.1. The first-order valence-corrected chi connectivity index (χ1v) is 6.15. The number of aryl methyl sites for hydroxylation is 1. The molecule has 0 radical (unpaired) electrons. The van der Waals surface area contributed by atoms with E-state index in [9.17, 15) is 9.18 Å². The molecule has 0 aliphatic carbocycles. The Bertz CT molecular complexity index is 447. The van der Waals surface area contributed by atoms with Gasteiger partial charge in [-0.3, -0.25) is 0 Å². The number of piperidine rings is 1. The minimum Gasteiger partial charge on any atom is -0.465 e. The van der Waals surface area contributed by atoms with Gasteiger partial charge in [-0.2, -0.15) is 0 Å². The second kappa shape index (κ2) is 5.48. The van der Waals surface area contributed by atoms with E-state index in [0.29, 0.717) is 18.5 Å². The number of halogens is 1. The van der Waals surface area contributed by atoms with Gasteiger partial charge in [-0.25, -0.2) is 9.18 Å². The van der Waals surface area contributed by atoms with Crippen LogP contribution in [0.4, 0.5) is 4.39 Å². The lowest BCUT2D eigenvalue weighted by Gasteiger charge is -2.27. The van der Waals surface area contributed by atoms with Gasteiger partial charge in [0.2, 0.25) is 0 Å². The quantitative estimate of drug-likeness (QED) is 0.819. The van der Waals surface area contributed by atoms with E-state index >= 15 is 0 Å². The van der Waals surface area contributed by atoms with Crippen LogP contribution in [0.5, 0.6) is 0 Å². The molecule has 1 aromatic carbocycles. The first-order valence-electron chi connectivity index (χ1n) is 6.15. The number of carbonyl (C=O) groups excluding carboxylic acids is 1. The summed E-state index contributed by atoms with van der Waals surface area (Å²) in [6, 6.07) is 5.46. The highest BCUT2D eigenvalue weighted by atomic mass is 19.1. The third-order valence-corrected chi connectivity index (χ3v) is 3.43. The number of benzene rings is 1. The van der Waals surface area contributed by atoms with Gasteiger partial charge in [0, 0.05) is 13.1 Å². The summed E-state index contributed by atoms with van der Waals surface area (Å²) in [6.07, 6.45) is -0.241. The van der Waals surface area contributed by atoms with Gasteiger partial charge in [0.25, 0.3) is 0 Å². The van der Waals surface area contributed by atoms with Crippen LogP contribution in [0.25, 0.3) is 0 Å². The van der Waals surface area contributed by atoms with Crippen molar-refractivity contribution in [3.05, 3.63) is 34.9 Å². The summed E-state index contributed by atoms with van der Waals surface area (Å²) in [5.74, 6) is -0.157. The number of hydrogen-bond acceptors (Lipinski definition) is 3. The summed E-state index contributed by atoms with van der Waals surface area (Å²) in [6.45, 7) is 3.18. The van der Waals surface area contributed by atoms with Crippen LogP contribution in [-0.4, -0.2) is 32.3 Å². The fourth-order valence-electron chi connectivity index (χ4n) is 2.51. The lowest BCUT2D eigenvalue weighted by Crippen LogP contribution is -2.36. The topological polar surface area (TPSA) is 38.3 Å². The molecule has 2 rings (SSSR count). The molecule has 0 amide bonds. The molecule has 1 heterocycles. The number of methoxy groups -OCH3 is 1. The van der Waals surface area contributed by atoms with Crippen molar-refractivity contribution in [3.8, 4) is 0 Å². The fraction of sp³-hybridized carbons (Fsp3) is 0.500. The summed E-state index contributed by atoms with van der Waals surface area (Å²) in [5.41, 5.74) is 2.66. The standard InChI is InChI=1S/C14H18FNO2/c1-9-5-10(14(17)18-2)3-4-13(9)11-6-12(15)8-16-7-11/h3-5,11-12,16H,6-8H2,1-2H3. The van der Waals surface area contributed by atoms with E-state index in [1.807, 2.05) is 19.1 Å². The molecule has 1 fully saturated rings. The Balaban J connectivity index is 2.21. The van der Waals surface area contributed by atoms with Crippen molar-refractivity contribution in [3.63, 3.8) is 0 Å². The number of ether oxygens (including phenoxy) is 1. The Labute approximate surface area is 106 Å². The third kappa shape index (κ3) is 2.70. The van der Waals surface area contributed by atoms with Crippen molar-refractivity contribution in [1.29, 1.82) is 0 Å². The van der Waals surface area contributed by atoms with Gasteiger partial charge in [-0.05, 0) is 42.5 Å². The molecule has 0 aromatic heterocycles. The van der Waals surface area contributed by atoms with Gasteiger partial charge in [0.15, 0.2) is 0 Å². The van der Waals surface area contributed by atoms with Crippen LogP contribution >= 0.6 is 0 Å². The molecule has 1 saturated heterocycles. The van der Waals surface area contributed by atoms with E-state index in [1.165, 1.54) is 7.11 Å². The predicted molar refractivity (Wildman–Crippen MR) is 67.6 cm³/mol. The lowest BCUT2D eigenvalue weighted by atomic mass is 9.87. The largest absolute Gasteiger partial charge is 0.465 e. The van der Waals surface area contributed by atoms with E-state index < -0.39 is 6.17 Å². The van der Waals surface area contributed by atoms with Crippen LogP contribution in [0, 0.1) is 6.92 Å². The Kier molecular flexibility index (Phi) is 3.97. The summed E-state index contributed by atoms with van der Waals surface area (Å²) in [4.78, 5) is 11.4. The minimum atomic E-state index is -0.788. The maximum Gasteiger partial charge on any atom is 0.337 e.